The van der Waals surface area contributed by atoms with Gasteiger partial charge in [0, 0.05) is 31.6 Å². The maximum atomic E-state index is 11.1. The Labute approximate surface area is 124 Å². The summed E-state index contributed by atoms with van der Waals surface area (Å²) in [7, 11) is 1.86. The number of nitrogens with two attached hydrogens (primary N) is 1. The predicted molar refractivity (Wildman–Crippen MR) is 81.0 cm³/mol. The Morgan fingerprint density at radius 2 is 2.29 bits per heavy atom. The fourth-order valence-corrected chi connectivity index (χ4v) is 3.40. The second-order valence-electron chi connectivity index (χ2n) is 5.96. The van der Waals surface area contributed by atoms with Crippen LogP contribution in [0.5, 0.6) is 0 Å². The summed E-state index contributed by atoms with van der Waals surface area (Å²) in [5, 5.41) is 13.7. The number of amides is 1. The van der Waals surface area contributed by atoms with Crippen molar-refractivity contribution < 1.29 is 9.90 Å². The number of nitrogen functional groups attached to an aromatic ring is 1. The molecule has 6 nitrogen and oxygen atoms in total. The van der Waals surface area contributed by atoms with E-state index in [4.69, 9.17) is 10.8 Å². The number of nitrogens with zero attached hydrogens (tertiary/aromatic N) is 3. The molecule has 0 radical (unpaired) electrons. The fraction of sp³-hybridized carbons (Fsp3) is 0.600. The van der Waals surface area contributed by atoms with E-state index in [9.17, 15) is 4.79 Å². The minimum absolute atomic E-state index is 0.155. The largest absolute Gasteiger partial charge is 0.465 e. The molecule has 0 saturated carbocycles. The van der Waals surface area contributed by atoms with Crippen LogP contribution in [0.4, 0.5) is 10.6 Å². The first-order valence-corrected chi connectivity index (χ1v) is 7.57. The van der Waals surface area contributed by atoms with E-state index in [2.05, 4.69) is 11.2 Å². The molecule has 0 spiro atoms. The fourth-order valence-electron chi connectivity index (χ4n) is 3.40. The van der Waals surface area contributed by atoms with Gasteiger partial charge in [0.05, 0.1) is 5.69 Å². The van der Waals surface area contributed by atoms with Gasteiger partial charge in [-0.25, -0.2) is 4.79 Å². The van der Waals surface area contributed by atoms with Gasteiger partial charge in [0.25, 0.3) is 0 Å². The molecule has 1 aromatic rings. The molecule has 1 aliphatic heterocycles. The number of aromatic nitrogens is 2. The van der Waals surface area contributed by atoms with Crippen LogP contribution in [0.1, 0.15) is 49.3 Å². The predicted octanol–water partition coefficient (Wildman–Crippen LogP) is 2.43. The summed E-state index contributed by atoms with van der Waals surface area (Å²) in [5.41, 5.74) is 9.56. The summed E-state index contributed by atoms with van der Waals surface area (Å²) in [6, 6.07) is 0. The molecule has 2 aliphatic rings. The van der Waals surface area contributed by atoms with Crippen LogP contribution < -0.4 is 5.73 Å². The van der Waals surface area contributed by atoms with Crippen LogP contribution in [0.3, 0.4) is 0 Å². The molecule has 0 aromatic carbocycles. The Bertz CT molecular complexity index is 591. The van der Waals surface area contributed by atoms with E-state index in [0.29, 0.717) is 18.9 Å². The summed E-state index contributed by atoms with van der Waals surface area (Å²) in [6.07, 6.45) is 6.79. The van der Waals surface area contributed by atoms with E-state index < -0.39 is 6.09 Å². The van der Waals surface area contributed by atoms with Crippen LogP contribution in [0.2, 0.25) is 0 Å². The van der Waals surface area contributed by atoms with Crippen molar-refractivity contribution in [2.24, 2.45) is 7.05 Å². The summed E-state index contributed by atoms with van der Waals surface area (Å²) >= 11 is 0. The topological polar surface area (TPSA) is 84.4 Å². The number of carboxylic acid groups (broad SMARTS) is 1. The third-order valence-corrected chi connectivity index (χ3v) is 4.58. The quantitative estimate of drug-likeness (QED) is 0.876. The molecule has 114 valence electrons. The maximum Gasteiger partial charge on any atom is 0.407 e. The number of hydrogen-bond donors (Lipinski definition) is 2. The first-order chi connectivity index (χ1) is 10.1. The summed E-state index contributed by atoms with van der Waals surface area (Å²) in [4.78, 5) is 12.6. The van der Waals surface area contributed by atoms with E-state index >= 15 is 0 Å². The minimum atomic E-state index is -0.847. The molecule has 6 heteroatoms. The molecule has 3 N–H and O–H groups in total. The second-order valence-corrected chi connectivity index (χ2v) is 5.96. The SMILES string of the molecule is Cn1nc(C2CCN(C(=O)O)C2)c(C2=CCCCC2)c1N. The lowest BCUT2D eigenvalue weighted by molar-refractivity contribution is 0.155. The van der Waals surface area contributed by atoms with Gasteiger partial charge in [-0.15, -0.1) is 0 Å². The Hall–Kier alpha value is -1.98. The zero-order valence-corrected chi connectivity index (χ0v) is 12.4. The third kappa shape index (κ3) is 2.50. The molecule has 1 amide bonds. The summed E-state index contributed by atoms with van der Waals surface area (Å²) < 4.78 is 1.73. The van der Waals surface area contributed by atoms with E-state index in [1.54, 1.807) is 4.68 Å². The molecule has 1 aromatic heterocycles. The highest BCUT2D eigenvalue weighted by Crippen LogP contribution is 2.38. The second kappa shape index (κ2) is 5.42. The van der Waals surface area contributed by atoms with Crippen molar-refractivity contribution in [1.82, 2.24) is 14.7 Å². The van der Waals surface area contributed by atoms with Crippen LogP contribution in [-0.4, -0.2) is 39.0 Å². The van der Waals surface area contributed by atoms with E-state index in [0.717, 1.165) is 30.5 Å². The molecule has 3 rings (SSSR count). The van der Waals surface area contributed by atoms with Crippen LogP contribution in [0, 0.1) is 0 Å². The Morgan fingerprint density at radius 3 is 2.90 bits per heavy atom. The Balaban J connectivity index is 1.94. The molecule has 1 unspecified atom stereocenters. The van der Waals surface area contributed by atoms with Gasteiger partial charge in [0.2, 0.25) is 0 Å². The molecule has 1 atom stereocenters. The zero-order valence-electron chi connectivity index (χ0n) is 12.4. The number of aryl methyl sites for hydroxylation is 1. The molecule has 21 heavy (non-hydrogen) atoms. The molecule has 2 heterocycles. The van der Waals surface area contributed by atoms with Gasteiger partial charge in [-0.1, -0.05) is 6.08 Å². The van der Waals surface area contributed by atoms with Gasteiger partial charge >= 0.3 is 6.09 Å². The van der Waals surface area contributed by atoms with Gasteiger partial charge < -0.3 is 15.7 Å². The smallest absolute Gasteiger partial charge is 0.407 e. The van der Waals surface area contributed by atoms with E-state index in [1.807, 2.05) is 7.05 Å². The van der Waals surface area contributed by atoms with Crippen LogP contribution in [0.15, 0.2) is 6.08 Å². The first kappa shape index (κ1) is 14.0. The van der Waals surface area contributed by atoms with Crippen molar-refractivity contribution in [3.8, 4) is 0 Å². The minimum Gasteiger partial charge on any atom is -0.465 e. The molecular formula is C15H22N4O2. The molecule has 1 fully saturated rings. The number of rotatable bonds is 2. The summed E-state index contributed by atoms with van der Waals surface area (Å²) in [5.74, 6) is 0.856. The van der Waals surface area contributed by atoms with Crippen LogP contribution >= 0.6 is 0 Å². The number of hydrogen-bond acceptors (Lipinski definition) is 3. The number of likely N-dealkylation sites (tertiary alicyclic amines) is 1. The van der Waals surface area contributed by atoms with Gasteiger partial charge in [-0.05, 0) is 37.7 Å². The van der Waals surface area contributed by atoms with Crippen molar-refractivity contribution in [3.63, 3.8) is 0 Å². The van der Waals surface area contributed by atoms with Crippen LogP contribution in [0.25, 0.3) is 5.57 Å². The number of allylic oxidation sites excluding steroid dienone is 2. The highest BCUT2D eigenvalue weighted by molar-refractivity contribution is 5.76. The molecule has 1 aliphatic carbocycles. The lowest BCUT2D eigenvalue weighted by atomic mass is 9.89. The molecule has 1 saturated heterocycles. The first-order valence-electron chi connectivity index (χ1n) is 7.57. The van der Waals surface area contributed by atoms with E-state index in [-0.39, 0.29) is 5.92 Å². The van der Waals surface area contributed by atoms with Crippen molar-refractivity contribution >= 4 is 17.5 Å². The molecular weight excluding hydrogens is 268 g/mol. The van der Waals surface area contributed by atoms with Crippen molar-refractivity contribution in [2.75, 3.05) is 18.8 Å². The number of anilines is 1. The Morgan fingerprint density at radius 1 is 1.48 bits per heavy atom. The summed E-state index contributed by atoms with van der Waals surface area (Å²) in [6.45, 7) is 1.10. The Kier molecular flexibility index (Phi) is 3.61. The lowest BCUT2D eigenvalue weighted by Crippen LogP contribution is -2.26. The lowest BCUT2D eigenvalue weighted by Gasteiger charge is -2.16. The third-order valence-electron chi connectivity index (χ3n) is 4.58. The van der Waals surface area contributed by atoms with Gasteiger partial charge in [-0.3, -0.25) is 4.68 Å². The zero-order chi connectivity index (χ0) is 15.0. The van der Waals surface area contributed by atoms with Gasteiger partial charge in [0.15, 0.2) is 0 Å². The van der Waals surface area contributed by atoms with Crippen molar-refractivity contribution in [1.29, 1.82) is 0 Å². The van der Waals surface area contributed by atoms with Gasteiger partial charge in [-0.2, -0.15) is 5.10 Å². The van der Waals surface area contributed by atoms with Crippen LogP contribution in [-0.2, 0) is 7.05 Å². The average molecular weight is 290 g/mol. The highest BCUT2D eigenvalue weighted by atomic mass is 16.4. The maximum absolute atomic E-state index is 11.1. The standard InChI is InChI=1S/C15H22N4O2/c1-18-14(16)12(10-5-3-2-4-6-10)13(17-18)11-7-8-19(9-11)15(20)21/h5,11H,2-4,6-9,16H2,1H3,(H,20,21). The number of carbonyl (C=O) groups is 1. The highest BCUT2D eigenvalue weighted by Gasteiger charge is 2.32. The van der Waals surface area contributed by atoms with Gasteiger partial charge in [0.1, 0.15) is 5.82 Å². The monoisotopic (exact) mass is 290 g/mol. The normalized spacial score (nSPS) is 22.4. The van der Waals surface area contributed by atoms with Crippen molar-refractivity contribution in [2.45, 2.75) is 38.0 Å². The van der Waals surface area contributed by atoms with E-state index in [1.165, 1.54) is 23.3 Å². The average Bonchev–Trinajstić information content (AvgIpc) is 3.06. The molecule has 0 bridgehead atoms. The van der Waals surface area contributed by atoms with Crippen molar-refractivity contribution in [3.05, 3.63) is 17.3 Å².